The number of aryl methyl sites for hydroxylation is 1. The molecule has 0 saturated heterocycles. The molecule has 1 aromatic carbocycles. The summed E-state index contributed by atoms with van der Waals surface area (Å²) in [5, 5.41) is 11.2. The van der Waals surface area contributed by atoms with Crippen molar-refractivity contribution in [1.82, 2.24) is 30.1 Å². The van der Waals surface area contributed by atoms with E-state index in [4.69, 9.17) is 4.52 Å². The summed E-state index contributed by atoms with van der Waals surface area (Å²) in [4.78, 5) is 21.4. The van der Waals surface area contributed by atoms with Crippen LogP contribution < -0.4 is 10.6 Å². The molecule has 146 valence electrons. The van der Waals surface area contributed by atoms with Gasteiger partial charge in [-0.2, -0.15) is 4.98 Å². The number of nitrogens with zero attached hydrogens (tertiary/aromatic N) is 6. The van der Waals surface area contributed by atoms with Crippen molar-refractivity contribution in [2.45, 2.75) is 6.92 Å². The van der Waals surface area contributed by atoms with Crippen LogP contribution in [0.15, 0.2) is 71.9 Å². The molecule has 0 unspecified atom stereocenters. The molecule has 0 amide bonds. The van der Waals surface area contributed by atoms with Crippen LogP contribution in [-0.4, -0.2) is 30.1 Å². The van der Waals surface area contributed by atoms with E-state index in [1.165, 1.54) is 6.33 Å². The van der Waals surface area contributed by atoms with Gasteiger partial charge < -0.3 is 15.2 Å². The second-order valence-electron chi connectivity index (χ2n) is 6.51. The molecular weight excluding hydrogens is 380 g/mol. The number of nitrogens with one attached hydrogen (secondary N) is 2. The van der Waals surface area contributed by atoms with Crippen molar-refractivity contribution in [2.75, 3.05) is 10.6 Å². The van der Waals surface area contributed by atoms with Crippen molar-refractivity contribution in [2.24, 2.45) is 0 Å². The third kappa shape index (κ3) is 3.51. The fourth-order valence-corrected chi connectivity index (χ4v) is 3.05. The van der Waals surface area contributed by atoms with E-state index in [2.05, 4.69) is 40.7 Å². The molecule has 30 heavy (non-hydrogen) atoms. The molecule has 0 fully saturated rings. The summed E-state index contributed by atoms with van der Waals surface area (Å²) in [7, 11) is 0. The first kappa shape index (κ1) is 17.7. The molecule has 2 N–H and O–H groups in total. The molecule has 0 aliphatic carbocycles. The van der Waals surface area contributed by atoms with Crippen LogP contribution in [0.5, 0.6) is 0 Å². The first-order valence-corrected chi connectivity index (χ1v) is 9.21. The molecule has 0 aliphatic rings. The molecule has 4 aromatic heterocycles. The van der Waals surface area contributed by atoms with Gasteiger partial charge >= 0.3 is 0 Å². The molecule has 0 saturated carbocycles. The van der Waals surface area contributed by atoms with Gasteiger partial charge in [-0.3, -0.25) is 4.98 Å². The highest BCUT2D eigenvalue weighted by Crippen LogP contribution is 2.27. The van der Waals surface area contributed by atoms with Crippen molar-refractivity contribution in [3.05, 3.63) is 73.1 Å². The van der Waals surface area contributed by atoms with Crippen LogP contribution in [-0.2, 0) is 0 Å². The minimum Gasteiger partial charge on any atom is -0.339 e. The maximum absolute atomic E-state index is 5.20. The van der Waals surface area contributed by atoms with Gasteiger partial charge in [-0.1, -0.05) is 11.2 Å². The van der Waals surface area contributed by atoms with E-state index in [1.807, 2.05) is 49.4 Å². The van der Waals surface area contributed by atoms with Gasteiger partial charge in [0.05, 0.1) is 11.4 Å². The van der Waals surface area contributed by atoms with Gasteiger partial charge in [0.2, 0.25) is 5.95 Å². The summed E-state index contributed by atoms with van der Waals surface area (Å²) in [6, 6.07) is 13.4. The predicted octanol–water partition coefficient (Wildman–Crippen LogP) is 4.27. The van der Waals surface area contributed by atoms with Gasteiger partial charge in [0, 0.05) is 35.5 Å². The minimum atomic E-state index is 0.444. The zero-order valence-electron chi connectivity index (χ0n) is 15.9. The number of hydrogen-bond donors (Lipinski definition) is 2. The van der Waals surface area contributed by atoms with Crippen LogP contribution in [0.4, 0.5) is 23.1 Å². The van der Waals surface area contributed by atoms with Crippen molar-refractivity contribution >= 4 is 34.2 Å². The van der Waals surface area contributed by atoms with E-state index in [-0.39, 0.29) is 0 Å². The maximum Gasteiger partial charge on any atom is 0.263 e. The number of pyridine rings is 1. The average molecular weight is 396 g/mol. The maximum atomic E-state index is 5.20. The second-order valence-corrected chi connectivity index (χ2v) is 6.51. The Morgan fingerprint density at radius 1 is 0.900 bits per heavy atom. The van der Waals surface area contributed by atoms with Gasteiger partial charge in [0.1, 0.15) is 17.5 Å². The van der Waals surface area contributed by atoms with Crippen molar-refractivity contribution in [1.29, 1.82) is 0 Å². The Labute approximate surface area is 171 Å². The number of rotatable bonds is 5. The summed E-state index contributed by atoms with van der Waals surface area (Å²) < 4.78 is 5.20. The predicted molar refractivity (Wildman–Crippen MR) is 113 cm³/mol. The number of fused-ring (bicyclic) bond motifs is 1. The summed E-state index contributed by atoms with van der Waals surface area (Å²) in [6.07, 6.45) is 6.65. The van der Waals surface area contributed by atoms with Gasteiger partial charge in [-0.05, 0) is 43.3 Å². The number of hydrogen-bond acceptors (Lipinski definition) is 9. The molecule has 9 nitrogen and oxygen atoms in total. The molecule has 5 rings (SSSR count). The summed E-state index contributed by atoms with van der Waals surface area (Å²) in [6.45, 7) is 1.85. The Morgan fingerprint density at radius 2 is 1.80 bits per heavy atom. The van der Waals surface area contributed by atoms with Gasteiger partial charge in [0.25, 0.3) is 5.71 Å². The van der Waals surface area contributed by atoms with Crippen LogP contribution in [0.1, 0.15) is 5.69 Å². The van der Waals surface area contributed by atoms with Crippen LogP contribution in [0.25, 0.3) is 22.4 Å². The lowest BCUT2D eigenvalue weighted by molar-refractivity contribution is 0.442. The Balaban J connectivity index is 1.40. The zero-order chi connectivity index (χ0) is 20.3. The summed E-state index contributed by atoms with van der Waals surface area (Å²) in [5.41, 5.74) is 4.55. The number of aromatic nitrogens is 6. The Kier molecular flexibility index (Phi) is 4.45. The van der Waals surface area contributed by atoms with E-state index in [0.29, 0.717) is 17.5 Å². The third-order valence-electron chi connectivity index (χ3n) is 4.44. The van der Waals surface area contributed by atoms with Crippen LogP contribution in [0, 0.1) is 6.92 Å². The van der Waals surface area contributed by atoms with E-state index in [9.17, 15) is 0 Å². The van der Waals surface area contributed by atoms with Crippen molar-refractivity contribution < 1.29 is 4.52 Å². The largest absolute Gasteiger partial charge is 0.339 e. The van der Waals surface area contributed by atoms with Crippen LogP contribution in [0.2, 0.25) is 0 Å². The number of benzene rings is 1. The van der Waals surface area contributed by atoms with Gasteiger partial charge in [0.15, 0.2) is 0 Å². The summed E-state index contributed by atoms with van der Waals surface area (Å²) in [5.74, 6) is 1.12. The van der Waals surface area contributed by atoms with Gasteiger partial charge in [-0.25, -0.2) is 15.0 Å². The standard InChI is InChI=1S/C21H16N8O/c1-13-18-19(24-12-25-20(18)30-29-13)26-15-5-2-6-16(10-15)27-21-23-9-7-17(28-21)14-4-3-8-22-11-14/h2-12H,1H3,(H,23,27,28)(H,24,25,26). The fraction of sp³-hybridized carbons (Fsp3) is 0.0476. The Hall–Kier alpha value is -4.40. The highest BCUT2D eigenvalue weighted by Gasteiger charge is 2.12. The molecule has 0 spiro atoms. The second kappa shape index (κ2) is 7.55. The lowest BCUT2D eigenvalue weighted by atomic mass is 10.2. The first-order chi connectivity index (χ1) is 14.8. The number of anilines is 4. The van der Waals surface area contributed by atoms with Crippen molar-refractivity contribution in [3.8, 4) is 11.3 Å². The lowest BCUT2D eigenvalue weighted by Crippen LogP contribution is -1.99. The first-order valence-electron chi connectivity index (χ1n) is 9.21. The molecule has 5 aromatic rings. The Bertz CT molecular complexity index is 1320. The zero-order valence-corrected chi connectivity index (χ0v) is 15.9. The van der Waals surface area contributed by atoms with Crippen molar-refractivity contribution in [3.63, 3.8) is 0 Å². The molecule has 4 heterocycles. The molecular formula is C21H16N8O. The molecule has 9 heteroatoms. The fourth-order valence-electron chi connectivity index (χ4n) is 3.05. The lowest BCUT2D eigenvalue weighted by Gasteiger charge is -2.10. The average Bonchev–Trinajstić information content (AvgIpc) is 3.17. The molecule has 0 aliphatic heterocycles. The Morgan fingerprint density at radius 3 is 2.67 bits per heavy atom. The van der Waals surface area contributed by atoms with E-state index >= 15 is 0 Å². The molecule has 0 radical (unpaired) electrons. The quantitative estimate of drug-likeness (QED) is 0.449. The van der Waals surface area contributed by atoms with Gasteiger partial charge in [-0.15, -0.1) is 0 Å². The normalized spacial score (nSPS) is 10.8. The SMILES string of the molecule is Cc1noc2ncnc(Nc3cccc(Nc4nccc(-c5cccnc5)n4)c3)c12. The highest BCUT2D eigenvalue weighted by atomic mass is 16.5. The highest BCUT2D eigenvalue weighted by molar-refractivity contribution is 5.89. The topological polar surface area (TPSA) is 115 Å². The monoisotopic (exact) mass is 396 g/mol. The third-order valence-corrected chi connectivity index (χ3v) is 4.44. The molecule has 0 bridgehead atoms. The van der Waals surface area contributed by atoms with Crippen LogP contribution in [0.3, 0.4) is 0 Å². The smallest absolute Gasteiger partial charge is 0.263 e. The van der Waals surface area contributed by atoms with E-state index in [1.54, 1.807) is 18.6 Å². The minimum absolute atomic E-state index is 0.444. The van der Waals surface area contributed by atoms with E-state index in [0.717, 1.165) is 33.7 Å². The van der Waals surface area contributed by atoms with Crippen LogP contribution >= 0.6 is 0 Å². The van der Waals surface area contributed by atoms with E-state index < -0.39 is 0 Å². The molecule has 0 atom stereocenters. The summed E-state index contributed by atoms with van der Waals surface area (Å²) >= 11 is 0.